The van der Waals surface area contributed by atoms with Crippen LogP contribution in [-0.4, -0.2) is 81.7 Å². The van der Waals surface area contributed by atoms with Gasteiger partial charge in [0, 0.05) is 26.2 Å². The first-order valence-electron chi connectivity index (χ1n) is 7.61. The quantitative estimate of drug-likeness (QED) is 0.709. The van der Waals surface area contributed by atoms with E-state index < -0.39 is 6.10 Å². The van der Waals surface area contributed by atoms with Crippen LogP contribution in [0, 0.1) is 0 Å². The van der Waals surface area contributed by atoms with Gasteiger partial charge in [0.15, 0.2) is 0 Å². The first-order valence-corrected chi connectivity index (χ1v) is 7.61. The molecular formula is C14H22N4O4. The van der Waals surface area contributed by atoms with Crippen LogP contribution in [0.2, 0.25) is 0 Å². The molecule has 2 aliphatic heterocycles. The minimum absolute atomic E-state index is 0.131. The van der Waals surface area contributed by atoms with E-state index in [4.69, 9.17) is 9.84 Å². The van der Waals surface area contributed by atoms with E-state index in [1.54, 1.807) is 6.07 Å². The number of ether oxygens (including phenoxy) is 1. The molecule has 0 aromatic carbocycles. The van der Waals surface area contributed by atoms with E-state index in [1.165, 1.54) is 0 Å². The number of amides is 1. The van der Waals surface area contributed by atoms with Crippen molar-refractivity contribution >= 4 is 5.91 Å². The molecule has 2 aliphatic rings. The predicted molar refractivity (Wildman–Crippen MR) is 76.9 cm³/mol. The molecule has 0 radical (unpaired) electrons. The second-order valence-electron chi connectivity index (χ2n) is 5.69. The van der Waals surface area contributed by atoms with E-state index in [1.807, 2.05) is 9.58 Å². The number of morpholine rings is 1. The molecule has 1 amide bonds. The molecule has 1 aromatic rings. The third-order valence-corrected chi connectivity index (χ3v) is 4.13. The molecule has 0 saturated carbocycles. The highest BCUT2D eigenvalue weighted by molar-refractivity contribution is 5.78. The Balaban J connectivity index is 1.59. The van der Waals surface area contributed by atoms with Crippen molar-refractivity contribution in [3.8, 4) is 0 Å². The van der Waals surface area contributed by atoms with E-state index in [-0.39, 0.29) is 12.5 Å². The number of fused-ring (bicyclic) bond motifs is 1. The summed E-state index contributed by atoms with van der Waals surface area (Å²) in [5.74, 6) is 0.131. The lowest BCUT2D eigenvalue weighted by atomic mass is 10.2. The maximum absolute atomic E-state index is 12.3. The molecule has 1 fully saturated rings. The third kappa shape index (κ3) is 3.30. The van der Waals surface area contributed by atoms with Crippen molar-refractivity contribution in [1.29, 1.82) is 0 Å². The lowest BCUT2D eigenvalue weighted by Gasteiger charge is -2.31. The smallest absolute Gasteiger partial charge is 0.236 e. The topological polar surface area (TPSA) is 91.1 Å². The van der Waals surface area contributed by atoms with E-state index in [0.717, 1.165) is 12.2 Å². The summed E-state index contributed by atoms with van der Waals surface area (Å²) in [6.07, 6.45) is -0.943. The normalized spacial score (nSPS) is 20.7. The molecule has 2 N–H and O–H groups in total. The number of carbonyl (C=O) groups excluding carboxylic acids is 1. The first-order chi connectivity index (χ1) is 10.7. The van der Waals surface area contributed by atoms with Crippen LogP contribution in [0.1, 0.15) is 17.5 Å². The summed E-state index contributed by atoms with van der Waals surface area (Å²) in [7, 11) is 0. The molecule has 22 heavy (non-hydrogen) atoms. The summed E-state index contributed by atoms with van der Waals surface area (Å²) in [6.45, 7) is 4.67. The number of hydrogen-bond acceptors (Lipinski definition) is 6. The molecular weight excluding hydrogens is 288 g/mol. The molecule has 0 spiro atoms. The van der Waals surface area contributed by atoms with Crippen LogP contribution in [0.5, 0.6) is 0 Å². The zero-order chi connectivity index (χ0) is 15.5. The lowest BCUT2D eigenvalue weighted by Crippen LogP contribution is -2.47. The number of aliphatic hydroxyl groups is 2. The summed E-state index contributed by atoms with van der Waals surface area (Å²) in [5.41, 5.74) is 1.45. The van der Waals surface area contributed by atoms with Gasteiger partial charge in [0.1, 0.15) is 6.10 Å². The van der Waals surface area contributed by atoms with Crippen molar-refractivity contribution in [2.75, 3.05) is 46.0 Å². The van der Waals surface area contributed by atoms with Crippen molar-refractivity contribution in [2.45, 2.75) is 19.2 Å². The minimum Gasteiger partial charge on any atom is -0.393 e. The molecule has 1 aromatic heterocycles. The second-order valence-corrected chi connectivity index (χ2v) is 5.69. The first kappa shape index (κ1) is 15.4. The minimum atomic E-state index is -0.943. The number of rotatable bonds is 4. The number of nitrogens with zero attached hydrogens (tertiary/aromatic N) is 4. The molecule has 1 atom stereocenters. The van der Waals surface area contributed by atoms with Crippen molar-refractivity contribution in [3.63, 3.8) is 0 Å². The van der Waals surface area contributed by atoms with Crippen LogP contribution in [0.15, 0.2) is 6.07 Å². The Bertz CT molecular complexity index is 527. The van der Waals surface area contributed by atoms with E-state index >= 15 is 0 Å². The summed E-state index contributed by atoms with van der Waals surface area (Å²) in [5, 5.41) is 22.9. The number of aliphatic hydroxyl groups excluding tert-OH is 2. The van der Waals surface area contributed by atoms with Gasteiger partial charge in [-0.05, 0) is 6.07 Å². The van der Waals surface area contributed by atoms with E-state index in [0.29, 0.717) is 51.6 Å². The summed E-state index contributed by atoms with van der Waals surface area (Å²) < 4.78 is 7.10. The van der Waals surface area contributed by atoms with Gasteiger partial charge in [-0.1, -0.05) is 0 Å². The fraction of sp³-hybridized carbons (Fsp3) is 0.714. The summed E-state index contributed by atoms with van der Waals surface area (Å²) in [6, 6.07) is 1.80. The van der Waals surface area contributed by atoms with Crippen LogP contribution in [-0.2, 0) is 22.6 Å². The SMILES string of the molecule is O=C(CN1CCn2nc([C@H](O)CO)cc2C1)N1CCOCC1. The molecule has 8 nitrogen and oxygen atoms in total. The van der Waals surface area contributed by atoms with Crippen molar-refractivity contribution < 1.29 is 19.7 Å². The molecule has 0 bridgehead atoms. The zero-order valence-corrected chi connectivity index (χ0v) is 12.5. The monoisotopic (exact) mass is 310 g/mol. The average Bonchev–Trinajstić information content (AvgIpc) is 2.98. The number of hydrogen-bond donors (Lipinski definition) is 2. The Morgan fingerprint density at radius 2 is 2.09 bits per heavy atom. The summed E-state index contributed by atoms with van der Waals surface area (Å²) in [4.78, 5) is 16.2. The average molecular weight is 310 g/mol. The summed E-state index contributed by atoms with van der Waals surface area (Å²) >= 11 is 0. The molecule has 3 rings (SSSR count). The highest BCUT2D eigenvalue weighted by Crippen LogP contribution is 2.18. The number of carbonyl (C=O) groups is 1. The van der Waals surface area contributed by atoms with E-state index in [9.17, 15) is 9.90 Å². The Labute approximate surface area is 128 Å². The van der Waals surface area contributed by atoms with Crippen molar-refractivity contribution in [2.24, 2.45) is 0 Å². The highest BCUT2D eigenvalue weighted by atomic mass is 16.5. The van der Waals surface area contributed by atoms with Crippen molar-refractivity contribution in [1.82, 2.24) is 19.6 Å². The van der Waals surface area contributed by atoms with Gasteiger partial charge in [0.25, 0.3) is 0 Å². The standard InChI is InChI=1S/C14H22N4O4/c19-10-13(20)12-7-11-8-16(1-2-18(11)15-12)9-14(21)17-3-5-22-6-4-17/h7,13,19-20H,1-6,8-10H2/t13-/m1/s1. The zero-order valence-electron chi connectivity index (χ0n) is 12.5. The highest BCUT2D eigenvalue weighted by Gasteiger charge is 2.24. The second kappa shape index (κ2) is 6.74. The molecule has 0 unspecified atom stereocenters. The largest absolute Gasteiger partial charge is 0.393 e. The molecule has 8 heteroatoms. The Morgan fingerprint density at radius 1 is 1.32 bits per heavy atom. The van der Waals surface area contributed by atoms with Crippen LogP contribution in [0.3, 0.4) is 0 Å². The lowest BCUT2D eigenvalue weighted by molar-refractivity contribution is -0.136. The maximum atomic E-state index is 12.3. The van der Waals surface area contributed by atoms with Crippen molar-refractivity contribution in [3.05, 3.63) is 17.5 Å². The molecule has 1 saturated heterocycles. The Kier molecular flexibility index (Phi) is 4.72. The van der Waals surface area contributed by atoms with Gasteiger partial charge >= 0.3 is 0 Å². The van der Waals surface area contributed by atoms with Gasteiger partial charge in [-0.3, -0.25) is 14.4 Å². The molecule has 3 heterocycles. The van der Waals surface area contributed by atoms with Crippen LogP contribution in [0.4, 0.5) is 0 Å². The van der Waals surface area contributed by atoms with Gasteiger partial charge in [0.05, 0.1) is 44.3 Å². The fourth-order valence-electron chi connectivity index (χ4n) is 2.84. The van der Waals surface area contributed by atoms with Crippen LogP contribution in [0.25, 0.3) is 0 Å². The fourth-order valence-corrected chi connectivity index (χ4v) is 2.84. The van der Waals surface area contributed by atoms with Crippen LogP contribution >= 0.6 is 0 Å². The van der Waals surface area contributed by atoms with Gasteiger partial charge in [0.2, 0.25) is 5.91 Å². The van der Waals surface area contributed by atoms with Gasteiger partial charge < -0.3 is 19.8 Å². The third-order valence-electron chi connectivity index (χ3n) is 4.13. The van der Waals surface area contributed by atoms with Gasteiger partial charge in [-0.25, -0.2) is 0 Å². The maximum Gasteiger partial charge on any atom is 0.236 e. The van der Waals surface area contributed by atoms with Gasteiger partial charge in [-0.2, -0.15) is 5.10 Å². The number of aromatic nitrogens is 2. The molecule has 122 valence electrons. The van der Waals surface area contributed by atoms with E-state index in [2.05, 4.69) is 10.00 Å². The Morgan fingerprint density at radius 3 is 2.82 bits per heavy atom. The molecule has 0 aliphatic carbocycles. The Hall–Kier alpha value is -1.48. The van der Waals surface area contributed by atoms with Crippen LogP contribution < -0.4 is 0 Å². The predicted octanol–water partition coefficient (Wildman–Crippen LogP) is -1.42. The van der Waals surface area contributed by atoms with Gasteiger partial charge in [-0.15, -0.1) is 0 Å².